The van der Waals surface area contributed by atoms with E-state index in [1.54, 1.807) is 43.2 Å². The first-order valence-corrected chi connectivity index (χ1v) is 11.2. The van der Waals surface area contributed by atoms with E-state index in [1.165, 1.54) is 19.2 Å². The topological polar surface area (TPSA) is 98.2 Å². The number of carbonyl (C=O) groups excluding carboxylic acids is 1. The number of hydrogen-bond donors (Lipinski definition) is 1. The second-order valence-electron chi connectivity index (χ2n) is 7.23. The van der Waals surface area contributed by atoms with Gasteiger partial charge in [-0.1, -0.05) is 6.07 Å². The number of halogens is 1. The quantitative estimate of drug-likeness (QED) is 0.401. The fraction of sp³-hybridized carbons (Fsp3) is 0.292. The minimum Gasteiger partial charge on any atom is -0.497 e. The lowest BCUT2D eigenvalue weighted by atomic mass is 10.1. The van der Waals surface area contributed by atoms with Crippen LogP contribution >= 0.6 is 11.3 Å². The van der Waals surface area contributed by atoms with Crippen LogP contribution in [0.3, 0.4) is 0 Å². The van der Waals surface area contributed by atoms with Gasteiger partial charge in [0, 0.05) is 30.3 Å². The molecule has 0 amide bonds. The molecule has 180 valence electrons. The highest BCUT2D eigenvalue weighted by atomic mass is 32.1. The molecule has 3 rings (SSSR count). The van der Waals surface area contributed by atoms with Crippen LogP contribution in [-0.4, -0.2) is 54.3 Å². The van der Waals surface area contributed by atoms with E-state index >= 15 is 0 Å². The highest BCUT2D eigenvalue weighted by Gasteiger charge is 2.23. The van der Waals surface area contributed by atoms with Crippen molar-refractivity contribution in [3.8, 4) is 22.1 Å². The van der Waals surface area contributed by atoms with Crippen LogP contribution in [0.1, 0.15) is 27.9 Å². The fourth-order valence-electron chi connectivity index (χ4n) is 3.33. The number of aromatic nitrogens is 1. The molecule has 3 aromatic rings. The van der Waals surface area contributed by atoms with Gasteiger partial charge in [-0.25, -0.2) is 14.2 Å². The minimum absolute atomic E-state index is 0.0508. The van der Waals surface area contributed by atoms with Crippen molar-refractivity contribution in [2.75, 3.05) is 27.4 Å². The highest BCUT2D eigenvalue weighted by molar-refractivity contribution is 7.17. The number of thiazole rings is 1. The third-order valence-electron chi connectivity index (χ3n) is 4.90. The molecule has 8 nitrogen and oxygen atoms in total. The number of carboxylic acid groups (broad SMARTS) is 1. The van der Waals surface area contributed by atoms with Crippen LogP contribution in [0.2, 0.25) is 0 Å². The Balaban J connectivity index is 1.93. The summed E-state index contributed by atoms with van der Waals surface area (Å²) < 4.78 is 29.1. The predicted molar refractivity (Wildman–Crippen MR) is 125 cm³/mol. The minimum atomic E-state index is -1.13. The second kappa shape index (κ2) is 11.6. The molecule has 1 N–H and O–H groups in total. The van der Waals surface area contributed by atoms with Crippen molar-refractivity contribution in [2.24, 2.45) is 0 Å². The Kier molecular flexibility index (Phi) is 8.55. The molecule has 0 aliphatic carbocycles. The van der Waals surface area contributed by atoms with Gasteiger partial charge < -0.3 is 19.3 Å². The lowest BCUT2D eigenvalue weighted by Gasteiger charge is -2.22. The summed E-state index contributed by atoms with van der Waals surface area (Å²) in [5.41, 5.74) is 1.68. The Morgan fingerprint density at radius 3 is 2.44 bits per heavy atom. The summed E-state index contributed by atoms with van der Waals surface area (Å²) in [6, 6.07) is 11.0. The number of carboxylic acids is 1. The number of rotatable bonds is 11. The second-order valence-corrected chi connectivity index (χ2v) is 8.23. The molecular formula is C24H25FN2O6S. The zero-order valence-corrected chi connectivity index (χ0v) is 19.9. The van der Waals surface area contributed by atoms with Crippen molar-refractivity contribution < 1.29 is 33.3 Å². The number of benzene rings is 2. The normalized spacial score (nSPS) is 10.9. The zero-order chi connectivity index (χ0) is 24.7. The summed E-state index contributed by atoms with van der Waals surface area (Å²) >= 11 is 0.999. The SMILES string of the molecule is CCOC(=O)CN(Cc1ccc(OC)cc1OC)Cc1nc(-c2ccc(F)cc2)sc1C(=O)O. The molecule has 34 heavy (non-hydrogen) atoms. The molecule has 0 spiro atoms. The summed E-state index contributed by atoms with van der Waals surface area (Å²) in [5, 5.41) is 10.2. The fourth-order valence-corrected chi connectivity index (χ4v) is 4.25. The summed E-state index contributed by atoms with van der Waals surface area (Å²) in [5.74, 6) is -0.779. The standard InChI is InChI=1S/C24H25FN2O6S/c1-4-33-21(28)14-27(12-16-7-10-18(31-2)11-20(16)32-3)13-19-22(24(29)30)34-23(26-19)15-5-8-17(25)9-6-15/h5-11H,4,12-14H2,1-3H3,(H,29,30). The molecular weight excluding hydrogens is 463 g/mol. The Labute approximate surface area is 200 Å². The van der Waals surface area contributed by atoms with E-state index in [-0.39, 0.29) is 31.1 Å². The third-order valence-corrected chi connectivity index (χ3v) is 6.04. The maximum absolute atomic E-state index is 13.3. The number of hydrogen-bond acceptors (Lipinski definition) is 8. The summed E-state index contributed by atoms with van der Waals surface area (Å²) in [6.45, 7) is 2.21. The maximum atomic E-state index is 13.3. The van der Waals surface area contributed by atoms with Crippen LogP contribution in [0.4, 0.5) is 4.39 Å². The van der Waals surface area contributed by atoms with Gasteiger partial charge in [0.1, 0.15) is 27.2 Å². The van der Waals surface area contributed by atoms with Gasteiger partial charge in [-0.15, -0.1) is 11.3 Å². The maximum Gasteiger partial charge on any atom is 0.347 e. The molecule has 1 heterocycles. The Morgan fingerprint density at radius 2 is 1.82 bits per heavy atom. The summed E-state index contributed by atoms with van der Waals surface area (Å²) in [6.07, 6.45) is 0. The van der Waals surface area contributed by atoms with Crippen LogP contribution in [0.25, 0.3) is 10.6 Å². The van der Waals surface area contributed by atoms with Crippen molar-refractivity contribution in [3.63, 3.8) is 0 Å². The van der Waals surface area contributed by atoms with Gasteiger partial charge in [0.2, 0.25) is 0 Å². The van der Waals surface area contributed by atoms with Gasteiger partial charge in [0.05, 0.1) is 33.1 Å². The molecule has 0 fully saturated rings. The average Bonchev–Trinajstić information content (AvgIpc) is 3.24. The number of carbonyl (C=O) groups is 2. The number of methoxy groups -OCH3 is 2. The average molecular weight is 489 g/mol. The van der Waals surface area contributed by atoms with Gasteiger partial charge >= 0.3 is 11.9 Å². The van der Waals surface area contributed by atoms with Crippen molar-refractivity contribution in [3.05, 3.63) is 64.4 Å². The van der Waals surface area contributed by atoms with Crippen molar-refractivity contribution in [1.29, 1.82) is 0 Å². The van der Waals surface area contributed by atoms with Gasteiger partial charge in [0.15, 0.2) is 0 Å². The molecule has 1 aromatic heterocycles. The van der Waals surface area contributed by atoms with E-state index < -0.39 is 17.8 Å². The molecule has 0 aliphatic rings. The van der Waals surface area contributed by atoms with Crippen molar-refractivity contribution in [1.82, 2.24) is 9.88 Å². The Bertz CT molecular complexity index is 1150. The first kappa shape index (κ1) is 25.1. The van der Waals surface area contributed by atoms with Gasteiger partial charge in [-0.2, -0.15) is 0 Å². The van der Waals surface area contributed by atoms with E-state index in [0.717, 1.165) is 16.9 Å². The lowest BCUT2D eigenvalue weighted by Crippen LogP contribution is -2.31. The van der Waals surface area contributed by atoms with E-state index in [1.807, 2.05) is 6.07 Å². The Morgan fingerprint density at radius 1 is 1.09 bits per heavy atom. The molecule has 0 bridgehead atoms. The van der Waals surface area contributed by atoms with Crippen molar-refractivity contribution >= 4 is 23.3 Å². The molecule has 0 saturated carbocycles. The highest BCUT2D eigenvalue weighted by Crippen LogP contribution is 2.31. The van der Waals surface area contributed by atoms with Gasteiger partial charge in [-0.05, 0) is 37.3 Å². The number of nitrogens with zero attached hydrogens (tertiary/aromatic N) is 2. The zero-order valence-electron chi connectivity index (χ0n) is 19.0. The van der Waals surface area contributed by atoms with Crippen LogP contribution in [-0.2, 0) is 22.6 Å². The predicted octanol–water partition coefficient (Wildman–Crippen LogP) is 4.23. The first-order valence-electron chi connectivity index (χ1n) is 10.4. The molecule has 0 saturated heterocycles. The van der Waals surface area contributed by atoms with Crippen LogP contribution in [0, 0.1) is 5.82 Å². The van der Waals surface area contributed by atoms with Gasteiger partial charge in [-0.3, -0.25) is 9.69 Å². The number of esters is 1. The van der Waals surface area contributed by atoms with E-state index in [4.69, 9.17) is 14.2 Å². The van der Waals surface area contributed by atoms with Crippen molar-refractivity contribution in [2.45, 2.75) is 20.0 Å². The molecule has 10 heteroatoms. The van der Waals surface area contributed by atoms with E-state index in [9.17, 15) is 19.1 Å². The molecule has 2 aromatic carbocycles. The summed E-state index contributed by atoms with van der Waals surface area (Å²) in [4.78, 5) is 30.5. The summed E-state index contributed by atoms with van der Waals surface area (Å²) in [7, 11) is 3.09. The number of aromatic carboxylic acids is 1. The largest absolute Gasteiger partial charge is 0.497 e. The first-order chi connectivity index (χ1) is 16.3. The van der Waals surface area contributed by atoms with E-state index in [0.29, 0.717) is 27.8 Å². The number of ether oxygens (including phenoxy) is 3. The van der Waals surface area contributed by atoms with Crippen LogP contribution in [0.5, 0.6) is 11.5 Å². The van der Waals surface area contributed by atoms with Crippen LogP contribution < -0.4 is 9.47 Å². The Hall–Kier alpha value is -3.50. The lowest BCUT2D eigenvalue weighted by molar-refractivity contribution is -0.144. The molecule has 0 atom stereocenters. The van der Waals surface area contributed by atoms with Crippen LogP contribution in [0.15, 0.2) is 42.5 Å². The molecule has 0 aliphatic heterocycles. The van der Waals surface area contributed by atoms with Gasteiger partial charge in [0.25, 0.3) is 0 Å². The van der Waals surface area contributed by atoms with E-state index in [2.05, 4.69) is 4.98 Å². The smallest absolute Gasteiger partial charge is 0.347 e. The molecule has 0 radical (unpaired) electrons. The monoisotopic (exact) mass is 488 g/mol. The molecule has 0 unspecified atom stereocenters. The third kappa shape index (κ3) is 6.30.